The van der Waals surface area contributed by atoms with Gasteiger partial charge in [0.15, 0.2) is 0 Å². The number of carbonyl (C=O) groups excluding carboxylic acids is 1. The first-order valence-electron chi connectivity index (χ1n) is 10.9. The number of carbonyl (C=O) groups is 1. The number of rotatable bonds is 8. The molecule has 3 aliphatic rings. The Hall–Kier alpha value is -2.33. The summed E-state index contributed by atoms with van der Waals surface area (Å²) in [7, 11) is 0. The molecule has 1 aromatic rings. The van der Waals surface area contributed by atoms with E-state index >= 15 is 0 Å². The van der Waals surface area contributed by atoms with Crippen molar-refractivity contribution in [2.75, 3.05) is 13.1 Å². The molecule has 0 bridgehead atoms. The third-order valence-corrected chi connectivity index (χ3v) is 6.01. The van der Waals surface area contributed by atoms with E-state index < -0.39 is 0 Å². The fraction of sp³-hybridized carbons (Fsp3) is 0.480. The summed E-state index contributed by atoms with van der Waals surface area (Å²) >= 11 is 0. The van der Waals surface area contributed by atoms with Crippen LogP contribution >= 0.6 is 0 Å². The van der Waals surface area contributed by atoms with Gasteiger partial charge in [0.25, 0.3) is 0 Å². The Labute approximate surface area is 174 Å². The normalized spacial score (nSPS) is 18.3. The van der Waals surface area contributed by atoms with Crippen molar-refractivity contribution in [2.24, 2.45) is 17.6 Å². The van der Waals surface area contributed by atoms with Crippen LogP contribution in [0.15, 0.2) is 53.3 Å². The molecule has 4 heteroatoms. The van der Waals surface area contributed by atoms with Crippen molar-refractivity contribution < 1.29 is 9.53 Å². The number of hydrogen-bond donors (Lipinski definition) is 1. The third-order valence-electron chi connectivity index (χ3n) is 6.01. The Kier molecular flexibility index (Phi) is 5.91. The molecule has 1 fully saturated rings. The molecule has 1 saturated carbocycles. The quantitative estimate of drug-likeness (QED) is 0.708. The second kappa shape index (κ2) is 8.58. The topological polar surface area (TPSA) is 55.6 Å². The van der Waals surface area contributed by atoms with Gasteiger partial charge in [-0.3, -0.25) is 9.69 Å². The van der Waals surface area contributed by atoms with Crippen molar-refractivity contribution in [3.05, 3.63) is 64.5 Å². The molecule has 0 aromatic heterocycles. The summed E-state index contributed by atoms with van der Waals surface area (Å²) in [6.45, 7) is 7.99. The molecule has 1 aliphatic heterocycles. The number of nitrogens with two attached hydrogens (primary N) is 1. The molecule has 0 spiro atoms. The van der Waals surface area contributed by atoms with Crippen LogP contribution in [0.2, 0.25) is 0 Å². The van der Waals surface area contributed by atoms with Gasteiger partial charge in [0.2, 0.25) is 5.91 Å². The minimum absolute atomic E-state index is 0.359. The molecule has 4 nitrogen and oxygen atoms in total. The Morgan fingerprint density at radius 3 is 2.83 bits per heavy atom. The highest BCUT2D eigenvalue weighted by atomic mass is 16.5. The van der Waals surface area contributed by atoms with E-state index in [1.807, 2.05) is 6.08 Å². The number of fused-ring (bicyclic) bond motifs is 2. The largest absolute Gasteiger partial charge is 0.457 e. The van der Waals surface area contributed by atoms with E-state index in [9.17, 15) is 4.79 Å². The maximum Gasteiger partial charge on any atom is 0.244 e. The van der Waals surface area contributed by atoms with Gasteiger partial charge in [0.1, 0.15) is 11.5 Å². The highest BCUT2D eigenvalue weighted by molar-refractivity contribution is 5.93. The maximum absolute atomic E-state index is 11.5. The molecule has 1 heterocycles. The first kappa shape index (κ1) is 20.0. The van der Waals surface area contributed by atoms with Crippen molar-refractivity contribution in [3.8, 4) is 5.75 Å². The lowest BCUT2D eigenvalue weighted by Crippen LogP contribution is -2.27. The van der Waals surface area contributed by atoms with Crippen LogP contribution in [0, 0.1) is 11.8 Å². The second-order valence-electron chi connectivity index (χ2n) is 9.10. The van der Waals surface area contributed by atoms with Crippen LogP contribution in [-0.2, 0) is 17.8 Å². The van der Waals surface area contributed by atoms with E-state index in [1.54, 1.807) is 6.08 Å². The van der Waals surface area contributed by atoms with Crippen LogP contribution < -0.4 is 10.5 Å². The van der Waals surface area contributed by atoms with Crippen LogP contribution in [-0.4, -0.2) is 23.9 Å². The highest BCUT2D eigenvalue weighted by Crippen LogP contribution is 2.34. The Bertz CT molecular complexity index is 875. The number of ether oxygens (including phenoxy) is 1. The molecule has 2 aliphatic carbocycles. The predicted molar refractivity (Wildman–Crippen MR) is 116 cm³/mol. The van der Waals surface area contributed by atoms with E-state index in [0.29, 0.717) is 12.0 Å². The first-order chi connectivity index (χ1) is 14.0. The molecule has 2 N–H and O–H groups in total. The lowest BCUT2D eigenvalue weighted by Gasteiger charge is -2.24. The van der Waals surface area contributed by atoms with Crippen LogP contribution in [0.4, 0.5) is 0 Å². The average Bonchev–Trinajstić information content (AvgIpc) is 3.51. The van der Waals surface area contributed by atoms with Crippen LogP contribution in [0.1, 0.15) is 50.7 Å². The molecule has 0 unspecified atom stereocenters. The lowest BCUT2D eigenvalue weighted by molar-refractivity contribution is -0.114. The average molecular weight is 393 g/mol. The molecule has 29 heavy (non-hydrogen) atoms. The van der Waals surface area contributed by atoms with Gasteiger partial charge >= 0.3 is 0 Å². The molecule has 1 aromatic carbocycles. The zero-order chi connectivity index (χ0) is 20.4. The van der Waals surface area contributed by atoms with Gasteiger partial charge in [-0.15, -0.1) is 0 Å². The Balaban J connectivity index is 1.48. The SMILES string of the molecule is CC(C)CCN(Cc1ccc2c(c1)CC=C1CC(C(N)=O)=CC=C1O2)CC1CC1. The van der Waals surface area contributed by atoms with Gasteiger partial charge in [0.05, 0.1) is 0 Å². The Morgan fingerprint density at radius 1 is 1.28 bits per heavy atom. The minimum Gasteiger partial charge on any atom is -0.457 e. The van der Waals surface area contributed by atoms with Gasteiger partial charge in [-0.1, -0.05) is 32.1 Å². The number of benzene rings is 1. The van der Waals surface area contributed by atoms with Crippen molar-refractivity contribution >= 4 is 5.91 Å². The van der Waals surface area contributed by atoms with E-state index in [1.165, 1.54) is 43.5 Å². The lowest BCUT2D eigenvalue weighted by atomic mass is 9.96. The van der Waals surface area contributed by atoms with Gasteiger partial charge in [-0.25, -0.2) is 0 Å². The van der Waals surface area contributed by atoms with Gasteiger partial charge < -0.3 is 10.5 Å². The standard InChI is InChI=1S/C25H32N2O2/c1-17(2)11-12-27(15-18-3-4-18)16-19-5-9-23-20(13-19)6-7-21-14-22(25(26)28)8-10-24(21)29-23/h5,7-10,13,17-18H,3-4,6,11-12,14-16H2,1-2H3,(H2,26,28). The maximum atomic E-state index is 11.5. The fourth-order valence-electron chi connectivity index (χ4n) is 4.02. The Morgan fingerprint density at radius 2 is 2.10 bits per heavy atom. The molecule has 0 radical (unpaired) electrons. The summed E-state index contributed by atoms with van der Waals surface area (Å²) in [6, 6.07) is 6.60. The van der Waals surface area contributed by atoms with Crippen LogP contribution in [0.3, 0.4) is 0 Å². The molecule has 0 atom stereocenters. The summed E-state index contributed by atoms with van der Waals surface area (Å²) < 4.78 is 6.18. The minimum atomic E-state index is -0.359. The number of hydrogen-bond acceptors (Lipinski definition) is 3. The van der Waals surface area contributed by atoms with Crippen molar-refractivity contribution in [3.63, 3.8) is 0 Å². The predicted octanol–water partition coefficient (Wildman–Crippen LogP) is 4.51. The fourth-order valence-corrected chi connectivity index (χ4v) is 4.02. The number of primary amides is 1. The summed E-state index contributed by atoms with van der Waals surface area (Å²) in [6.07, 6.45) is 11.2. The highest BCUT2D eigenvalue weighted by Gasteiger charge is 2.25. The van der Waals surface area contributed by atoms with Gasteiger partial charge in [0, 0.05) is 25.1 Å². The number of amides is 1. The summed E-state index contributed by atoms with van der Waals surface area (Å²) in [4.78, 5) is 14.1. The van der Waals surface area contributed by atoms with Crippen LogP contribution in [0.25, 0.3) is 0 Å². The van der Waals surface area contributed by atoms with E-state index in [0.717, 1.165) is 41.9 Å². The van der Waals surface area contributed by atoms with Gasteiger partial charge in [-0.05, 0) is 79.0 Å². The number of allylic oxidation sites excluding steroid dienone is 4. The van der Waals surface area contributed by atoms with Gasteiger partial charge in [-0.2, -0.15) is 0 Å². The monoisotopic (exact) mass is 392 g/mol. The van der Waals surface area contributed by atoms with E-state index in [4.69, 9.17) is 10.5 Å². The zero-order valence-corrected chi connectivity index (χ0v) is 17.6. The second-order valence-corrected chi connectivity index (χ2v) is 9.10. The molecular formula is C25H32N2O2. The molecule has 154 valence electrons. The first-order valence-corrected chi connectivity index (χ1v) is 10.9. The zero-order valence-electron chi connectivity index (χ0n) is 17.6. The van der Waals surface area contributed by atoms with E-state index in [2.05, 4.69) is 43.0 Å². The van der Waals surface area contributed by atoms with Crippen LogP contribution in [0.5, 0.6) is 5.75 Å². The van der Waals surface area contributed by atoms with E-state index in [-0.39, 0.29) is 5.91 Å². The molecule has 1 amide bonds. The molecular weight excluding hydrogens is 360 g/mol. The smallest absolute Gasteiger partial charge is 0.244 e. The summed E-state index contributed by atoms with van der Waals surface area (Å²) in [5.74, 6) is 3.02. The van der Waals surface area contributed by atoms with Crippen molar-refractivity contribution in [2.45, 2.75) is 52.5 Å². The number of nitrogens with zero attached hydrogens (tertiary/aromatic N) is 1. The summed E-state index contributed by atoms with van der Waals surface area (Å²) in [5, 5.41) is 0. The third kappa shape index (κ3) is 5.18. The molecule has 4 rings (SSSR count). The summed E-state index contributed by atoms with van der Waals surface area (Å²) in [5.41, 5.74) is 9.70. The van der Waals surface area contributed by atoms with Crippen molar-refractivity contribution in [1.29, 1.82) is 0 Å². The molecule has 0 saturated heterocycles. The van der Waals surface area contributed by atoms with Crippen molar-refractivity contribution in [1.82, 2.24) is 4.90 Å².